The van der Waals surface area contributed by atoms with E-state index in [1.807, 2.05) is 42.8 Å². The van der Waals surface area contributed by atoms with Crippen LogP contribution in [0.3, 0.4) is 0 Å². The maximum atomic E-state index is 12.9. The van der Waals surface area contributed by atoms with Crippen LogP contribution in [0.15, 0.2) is 73.0 Å². The first-order valence-corrected chi connectivity index (χ1v) is 11.5. The van der Waals surface area contributed by atoms with Gasteiger partial charge in [0.2, 0.25) is 5.91 Å². The molecule has 6 rings (SSSR count). The molecule has 0 spiro atoms. The predicted molar refractivity (Wildman–Crippen MR) is 127 cm³/mol. The lowest BCUT2D eigenvalue weighted by atomic mass is 9.95. The highest BCUT2D eigenvalue weighted by molar-refractivity contribution is 5.87. The fraction of sp³-hybridized carbons (Fsp3) is 0.308. The maximum absolute atomic E-state index is 12.9. The summed E-state index contributed by atoms with van der Waals surface area (Å²) >= 11 is 0. The molecule has 1 saturated carbocycles. The number of nitrogens with zero attached hydrogens (tertiary/aromatic N) is 6. The molecule has 3 aromatic rings. The van der Waals surface area contributed by atoms with Crippen molar-refractivity contribution < 1.29 is 4.79 Å². The van der Waals surface area contributed by atoms with Crippen molar-refractivity contribution in [2.24, 2.45) is 5.92 Å². The van der Waals surface area contributed by atoms with Gasteiger partial charge in [0, 0.05) is 55.5 Å². The third-order valence-corrected chi connectivity index (χ3v) is 6.86. The molecule has 1 aromatic carbocycles. The van der Waals surface area contributed by atoms with Gasteiger partial charge in [0.15, 0.2) is 5.82 Å². The van der Waals surface area contributed by atoms with Crippen molar-refractivity contribution in [3.05, 3.63) is 78.5 Å². The zero-order valence-corrected chi connectivity index (χ0v) is 18.6. The molecule has 1 atom stereocenters. The van der Waals surface area contributed by atoms with Crippen LogP contribution < -0.4 is 4.90 Å². The average Bonchev–Trinajstić information content (AvgIpc) is 3.50. The van der Waals surface area contributed by atoms with Crippen LogP contribution in [-0.4, -0.2) is 50.7 Å². The van der Waals surface area contributed by atoms with Crippen LogP contribution in [0.2, 0.25) is 0 Å². The van der Waals surface area contributed by atoms with E-state index in [0.717, 1.165) is 41.3 Å². The van der Waals surface area contributed by atoms with Crippen molar-refractivity contribution in [2.75, 3.05) is 25.0 Å². The topological polar surface area (TPSA) is 67.2 Å². The lowest BCUT2D eigenvalue weighted by Crippen LogP contribution is -2.34. The summed E-state index contributed by atoms with van der Waals surface area (Å²) in [6.07, 6.45) is 13.0. The summed E-state index contributed by atoms with van der Waals surface area (Å²) in [6.45, 7) is 1.49. The number of hydrogen-bond donors (Lipinski definition) is 0. The van der Waals surface area contributed by atoms with E-state index in [9.17, 15) is 4.79 Å². The number of amides is 1. The SMILES string of the molecule is CN1CCC(C2=CC=C(c3ccncc3)CN2c2cccc(-c3nncn3C3CC3)c2)C1=O. The lowest BCUT2D eigenvalue weighted by molar-refractivity contribution is -0.128. The number of hydrogen-bond acceptors (Lipinski definition) is 5. The Morgan fingerprint density at radius 3 is 2.61 bits per heavy atom. The molecule has 2 aliphatic heterocycles. The molecule has 1 saturated heterocycles. The number of pyridine rings is 1. The molecule has 3 aliphatic rings. The summed E-state index contributed by atoms with van der Waals surface area (Å²) in [5.41, 5.74) is 5.51. The second kappa shape index (κ2) is 7.99. The second-order valence-corrected chi connectivity index (χ2v) is 9.05. The number of allylic oxidation sites excluding steroid dienone is 2. The Balaban J connectivity index is 1.40. The molecule has 7 nitrogen and oxygen atoms in total. The van der Waals surface area contributed by atoms with Crippen molar-refractivity contribution in [3.8, 4) is 11.4 Å². The molecule has 0 N–H and O–H groups in total. The first kappa shape index (κ1) is 19.9. The maximum Gasteiger partial charge on any atom is 0.231 e. The quantitative estimate of drug-likeness (QED) is 0.604. The molecule has 33 heavy (non-hydrogen) atoms. The molecular formula is C26H26N6O. The van der Waals surface area contributed by atoms with Gasteiger partial charge in [0.1, 0.15) is 6.33 Å². The Morgan fingerprint density at radius 2 is 1.85 bits per heavy atom. The van der Waals surface area contributed by atoms with Crippen LogP contribution in [-0.2, 0) is 4.79 Å². The summed E-state index contributed by atoms with van der Waals surface area (Å²) in [7, 11) is 1.89. The number of rotatable bonds is 5. The molecule has 1 unspecified atom stereocenters. The van der Waals surface area contributed by atoms with Crippen molar-refractivity contribution in [1.82, 2.24) is 24.6 Å². The van der Waals surface area contributed by atoms with E-state index in [4.69, 9.17) is 0 Å². The molecular weight excluding hydrogens is 412 g/mol. The number of aromatic nitrogens is 4. The fourth-order valence-corrected chi connectivity index (χ4v) is 4.87. The Morgan fingerprint density at radius 1 is 1.00 bits per heavy atom. The second-order valence-electron chi connectivity index (χ2n) is 9.05. The van der Waals surface area contributed by atoms with Gasteiger partial charge in [-0.1, -0.05) is 18.2 Å². The highest BCUT2D eigenvalue weighted by Crippen LogP contribution is 2.39. The molecule has 1 aliphatic carbocycles. The number of likely N-dealkylation sites (tertiary alicyclic amines) is 1. The molecule has 0 radical (unpaired) electrons. The van der Waals surface area contributed by atoms with Crippen LogP contribution in [0, 0.1) is 5.92 Å². The standard InChI is InChI=1S/C26H26N6O/c1-30-14-11-23(26(30)33)24-8-5-20(18-9-12-27-13-10-18)16-31(24)22-4-2-3-19(15-22)25-29-28-17-32(25)21-6-7-21/h2-5,8-10,12-13,15,17,21,23H,6-7,11,14,16H2,1H3. The van der Waals surface area contributed by atoms with E-state index in [-0.39, 0.29) is 11.8 Å². The van der Waals surface area contributed by atoms with E-state index < -0.39 is 0 Å². The monoisotopic (exact) mass is 438 g/mol. The normalized spacial score (nSPS) is 20.8. The summed E-state index contributed by atoms with van der Waals surface area (Å²) in [5.74, 6) is 0.976. The number of benzene rings is 1. The van der Waals surface area contributed by atoms with E-state index in [2.05, 4.69) is 61.1 Å². The molecule has 166 valence electrons. The summed E-state index contributed by atoms with van der Waals surface area (Å²) < 4.78 is 2.18. The highest BCUT2D eigenvalue weighted by Gasteiger charge is 2.36. The van der Waals surface area contributed by atoms with Crippen LogP contribution in [0.5, 0.6) is 0 Å². The summed E-state index contributed by atoms with van der Waals surface area (Å²) in [4.78, 5) is 21.2. The molecule has 1 amide bonds. The first-order valence-electron chi connectivity index (χ1n) is 11.5. The van der Waals surface area contributed by atoms with Gasteiger partial charge in [0.05, 0.1) is 5.92 Å². The minimum Gasteiger partial charge on any atom is -0.345 e. The van der Waals surface area contributed by atoms with Crippen molar-refractivity contribution in [2.45, 2.75) is 25.3 Å². The zero-order valence-electron chi connectivity index (χ0n) is 18.6. The van der Waals surface area contributed by atoms with Gasteiger partial charge in [-0.15, -0.1) is 10.2 Å². The fourth-order valence-electron chi connectivity index (χ4n) is 4.87. The smallest absolute Gasteiger partial charge is 0.231 e. The van der Waals surface area contributed by atoms with Gasteiger partial charge in [-0.2, -0.15) is 0 Å². The third-order valence-electron chi connectivity index (χ3n) is 6.86. The van der Waals surface area contributed by atoms with Crippen molar-refractivity contribution >= 4 is 17.2 Å². The molecule has 4 heterocycles. The Bertz CT molecular complexity index is 1260. The summed E-state index contributed by atoms with van der Waals surface area (Å²) in [5, 5.41) is 8.59. The minimum atomic E-state index is -0.121. The number of anilines is 1. The van der Waals surface area contributed by atoms with Crippen LogP contribution in [0.1, 0.15) is 30.9 Å². The predicted octanol–water partition coefficient (Wildman–Crippen LogP) is 3.94. The largest absolute Gasteiger partial charge is 0.345 e. The van der Waals surface area contributed by atoms with E-state index in [0.29, 0.717) is 12.6 Å². The third kappa shape index (κ3) is 3.63. The van der Waals surface area contributed by atoms with Gasteiger partial charge in [0.25, 0.3) is 0 Å². The van der Waals surface area contributed by atoms with E-state index >= 15 is 0 Å². The average molecular weight is 439 g/mol. The van der Waals surface area contributed by atoms with E-state index in [1.165, 1.54) is 18.4 Å². The van der Waals surface area contributed by atoms with Crippen LogP contribution in [0.25, 0.3) is 17.0 Å². The van der Waals surface area contributed by atoms with E-state index in [1.54, 1.807) is 0 Å². The van der Waals surface area contributed by atoms with Gasteiger partial charge >= 0.3 is 0 Å². The van der Waals surface area contributed by atoms with Crippen molar-refractivity contribution in [3.63, 3.8) is 0 Å². The zero-order chi connectivity index (χ0) is 22.4. The highest BCUT2D eigenvalue weighted by atomic mass is 16.2. The van der Waals surface area contributed by atoms with Crippen LogP contribution >= 0.6 is 0 Å². The van der Waals surface area contributed by atoms with Gasteiger partial charge in [-0.3, -0.25) is 9.78 Å². The lowest BCUT2D eigenvalue weighted by Gasteiger charge is -2.34. The van der Waals surface area contributed by atoms with Gasteiger partial charge in [-0.25, -0.2) is 0 Å². The first-order chi connectivity index (χ1) is 16.2. The summed E-state index contributed by atoms with van der Waals surface area (Å²) in [6, 6.07) is 13.0. The van der Waals surface area contributed by atoms with Gasteiger partial charge < -0.3 is 14.4 Å². The number of carbonyl (C=O) groups is 1. The number of carbonyl (C=O) groups excluding carboxylic acids is 1. The van der Waals surface area contributed by atoms with Crippen molar-refractivity contribution in [1.29, 1.82) is 0 Å². The molecule has 7 heteroatoms. The molecule has 0 bridgehead atoms. The van der Waals surface area contributed by atoms with Gasteiger partial charge in [-0.05, 0) is 60.7 Å². The van der Waals surface area contributed by atoms with Crippen LogP contribution in [0.4, 0.5) is 5.69 Å². The molecule has 2 fully saturated rings. The molecule has 2 aromatic heterocycles. The Labute approximate surface area is 193 Å². The minimum absolute atomic E-state index is 0.121. The Kier molecular flexibility index (Phi) is 4.82. The Hall–Kier alpha value is -3.74.